The van der Waals surface area contributed by atoms with Crippen LogP contribution in [-0.2, 0) is 0 Å². The number of hydrogen-bond acceptors (Lipinski definition) is 3. The first kappa shape index (κ1) is 12.7. The van der Waals surface area contributed by atoms with Crippen LogP contribution in [0.25, 0.3) is 0 Å². The van der Waals surface area contributed by atoms with Crippen LogP contribution in [0.15, 0.2) is 18.2 Å². The van der Waals surface area contributed by atoms with E-state index < -0.39 is 0 Å². The van der Waals surface area contributed by atoms with E-state index in [9.17, 15) is 4.79 Å². The van der Waals surface area contributed by atoms with Crippen molar-refractivity contribution >= 4 is 11.6 Å². The fraction of sp³-hybridized carbons (Fsp3) is 0.500. The topological polar surface area (TPSA) is 64.3 Å². The lowest BCUT2D eigenvalue weighted by molar-refractivity contribution is 0.0905. The molecule has 0 unspecified atom stereocenters. The molecule has 2 rings (SSSR count). The molecule has 0 bridgehead atoms. The molecular formula is C14H20N2O2. The lowest BCUT2D eigenvalue weighted by Crippen LogP contribution is -2.43. The highest BCUT2D eigenvalue weighted by Gasteiger charge is 2.31. The third-order valence-electron chi connectivity index (χ3n) is 3.59. The number of amides is 1. The molecule has 0 saturated heterocycles. The van der Waals surface area contributed by atoms with Gasteiger partial charge in [-0.05, 0) is 31.9 Å². The monoisotopic (exact) mass is 248 g/mol. The minimum absolute atomic E-state index is 0.0799. The number of rotatable bonds is 3. The number of methoxy groups -OCH3 is 1. The lowest BCUT2D eigenvalue weighted by atomic mass is 10.00. The van der Waals surface area contributed by atoms with Crippen molar-refractivity contribution in [3.05, 3.63) is 23.8 Å². The Kier molecular flexibility index (Phi) is 3.45. The summed E-state index contributed by atoms with van der Waals surface area (Å²) in [4.78, 5) is 12.3. The predicted octanol–water partition coefficient (Wildman–Crippen LogP) is 2.34. The van der Waals surface area contributed by atoms with E-state index in [1.807, 2.05) is 0 Å². The van der Waals surface area contributed by atoms with E-state index in [-0.39, 0.29) is 11.4 Å². The average Bonchev–Trinajstić information content (AvgIpc) is 2.75. The van der Waals surface area contributed by atoms with E-state index in [1.165, 1.54) is 12.8 Å². The van der Waals surface area contributed by atoms with Gasteiger partial charge in [0.1, 0.15) is 5.75 Å². The molecule has 0 aromatic heterocycles. The Bertz CT molecular complexity index is 451. The standard InChI is InChI=1S/C14H20N2O2/c1-14(7-3-4-8-14)16-13(17)11-6-5-10(15)9-12(11)18-2/h5-6,9H,3-4,7-8,15H2,1-2H3,(H,16,17). The normalized spacial score (nSPS) is 17.4. The van der Waals surface area contributed by atoms with Gasteiger partial charge < -0.3 is 15.8 Å². The summed E-state index contributed by atoms with van der Waals surface area (Å²) in [5.74, 6) is 0.436. The van der Waals surface area contributed by atoms with Gasteiger partial charge in [-0.3, -0.25) is 4.79 Å². The Balaban J connectivity index is 2.18. The molecule has 0 aliphatic heterocycles. The summed E-state index contributed by atoms with van der Waals surface area (Å²) < 4.78 is 5.20. The molecular weight excluding hydrogens is 228 g/mol. The summed E-state index contributed by atoms with van der Waals surface area (Å²) in [7, 11) is 1.54. The van der Waals surface area contributed by atoms with Crippen LogP contribution in [0.1, 0.15) is 43.0 Å². The molecule has 1 aliphatic carbocycles. The van der Waals surface area contributed by atoms with Gasteiger partial charge in [-0.15, -0.1) is 0 Å². The summed E-state index contributed by atoms with van der Waals surface area (Å²) in [6, 6.07) is 5.10. The number of hydrogen-bond donors (Lipinski definition) is 2. The smallest absolute Gasteiger partial charge is 0.255 e. The molecule has 3 N–H and O–H groups in total. The Morgan fingerprint density at radius 1 is 1.39 bits per heavy atom. The summed E-state index contributed by atoms with van der Waals surface area (Å²) in [5, 5.41) is 3.11. The number of carbonyl (C=O) groups is 1. The summed E-state index contributed by atoms with van der Waals surface area (Å²) in [5.41, 5.74) is 6.74. The number of nitrogens with two attached hydrogens (primary N) is 1. The van der Waals surface area contributed by atoms with E-state index in [1.54, 1.807) is 25.3 Å². The van der Waals surface area contributed by atoms with Gasteiger partial charge in [-0.25, -0.2) is 0 Å². The minimum Gasteiger partial charge on any atom is -0.496 e. The van der Waals surface area contributed by atoms with Crippen LogP contribution in [0, 0.1) is 0 Å². The van der Waals surface area contributed by atoms with Crippen LogP contribution in [-0.4, -0.2) is 18.6 Å². The van der Waals surface area contributed by atoms with E-state index in [2.05, 4.69) is 12.2 Å². The van der Waals surface area contributed by atoms with Crippen molar-refractivity contribution in [3.8, 4) is 5.75 Å². The highest BCUT2D eigenvalue weighted by Crippen LogP contribution is 2.30. The Labute approximate surface area is 108 Å². The number of nitrogens with one attached hydrogen (secondary N) is 1. The van der Waals surface area contributed by atoms with Gasteiger partial charge in [-0.1, -0.05) is 12.8 Å². The first-order chi connectivity index (χ1) is 8.54. The lowest BCUT2D eigenvalue weighted by Gasteiger charge is -2.25. The van der Waals surface area contributed by atoms with Gasteiger partial charge in [0.25, 0.3) is 5.91 Å². The predicted molar refractivity (Wildman–Crippen MR) is 71.7 cm³/mol. The minimum atomic E-state index is -0.0868. The Morgan fingerprint density at radius 3 is 2.67 bits per heavy atom. The fourth-order valence-corrected chi connectivity index (χ4v) is 2.52. The van der Waals surface area contributed by atoms with Crippen molar-refractivity contribution in [2.75, 3.05) is 12.8 Å². The molecule has 1 amide bonds. The fourth-order valence-electron chi connectivity index (χ4n) is 2.52. The van der Waals surface area contributed by atoms with Crippen LogP contribution >= 0.6 is 0 Å². The van der Waals surface area contributed by atoms with E-state index in [0.29, 0.717) is 17.0 Å². The largest absolute Gasteiger partial charge is 0.496 e. The maximum atomic E-state index is 12.3. The average molecular weight is 248 g/mol. The molecule has 4 nitrogen and oxygen atoms in total. The summed E-state index contributed by atoms with van der Waals surface area (Å²) in [6.07, 6.45) is 4.43. The molecule has 18 heavy (non-hydrogen) atoms. The van der Waals surface area contributed by atoms with Crippen LogP contribution in [0.5, 0.6) is 5.75 Å². The first-order valence-electron chi connectivity index (χ1n) is 6.30. The second kappa shape index (κ2) is 4.88. The SMILES string of the molecule is COc1cc(N)ccc1C(=O)NC1(C)CCCC1. The van der Waals surface area contributed by atoms with E-state index in [4.69, 9.17) is 10.5 Å². The molecule has 0 spiro atoms. The van der Waals surface area contributed by atoms with Gasteiger partial charge in [0, 0.05) is 17.3 Å². The molecule has 4 heteroatoms. The third-order valence-corrected chi connectivity index (χ3v) is 3.59. The van der Waals surface area contributed by atoms with Gasteiger partial charge in [0.05, 0.1) is 12.7 Å². The molecule has 1 saturated carbocycles. The van der Waals surface area contributed by atoms with Crippen LogP contribution in [0.4, 0.5) is 5.69 Å². The molecule has 98 valence electrons. The van der Waals surface area contributed by atoms with Gasteiger partial charge in [0.15, 0.2) is 0 Å². The Morgan fingerprint density at radius 2 is 2.06 bits per heavy atom. The maximum Gasteiger partial charge on any atom is 0.255 e. The molecule has 1 aliphatic rings. The highest BCUT2D eigenvalue weighted by atomic mass is 16.5. The zero-order valence-electron chi connectivity index (χ0n) is 11.0. The quantitative estimate of drug-likeness (QED) is 0.807. The summed E-state index contributed by atoms with van der Waals surface area (Å²) in [6.45, 7) is 2.10. The molecule has 0 radical (unpaired) electrons. The van der Waals surface area contributed by atoms with Crippen molar-refractivity contribution < 1.29 is 9.53 Å². The zero-order valence-corrected chi connectivity index (χ0v) is 11.0. The molecule has 1 aromatic carbocycles. The van der Waals surface area contributed by atoms with Crippen molar-refractivity contribution in [2.24, 2.45) is 0 Å². The number of carbonyl (C=O) groups excluding carboxylic acids is 1. The molecule has 0 atom stereocenters. The number of ether oxygens (including phenoxy) is 1. The van der Waals surface area contributed by atoms with Crippen molar-refractivity contribution in [3.63, 3.8) is 0 Å². The maximum absolute atomic E-state index is 12.3. The van der Waals surface area contributed by atoms with Gasteiger partial charge >= 0.3 is 0 Å². The van der Waals surface area contributed by atoms with Crippen molar-refractivity contribution in [2.45, 2.75) is 38.1 Å². The second-order valence-electron chi connectivity index (χ2n) is 5.18. The molecule has 1 fully saturated rings. The first-order valence-corrected chi connectivity index (χ1v) is 6.30. The molecule has 1 aromatic rings. The van der Waals surface area contributed by atoms with Crippen LogP contribution < -0.4 is 15.8 Å². The van der Waals surface area contributed by atoms with Crippen molar-refractivity contribution in [1.29, 1.82) is 0 Å². The van der Waals surface area contributed by atoms with E-state index >= 15 is 0 Å². The van der Waals surface area contributed by atoms with Crippen LogP contribution in [0.2, 0.25) is 0 Å². The number of benzene rings is 1. The summed E-state index contributed by atoms with van der Waals surface area (Å²) >= 11 is 0. The van der Waals surface area contributed by atoms with Gasteiger partial charge in [0.2, 0.25) is 0 Å². The van der Waals surface area contributed by atoms with Crippen LogP contribution in [0.3, 0.4) is 0 Å². The van der Waals surface area contributed by atoms with Crippen molar-refractivity contribution in [1.82, 2.24) is 5.32 Å². The third kappa shape index (κ3) is 2.58. The van der Waals surface area contributed by atoms with Gasteiger partial charge in [-0.2, -0.15) is 0 Å². The Hall–Kier alpha value is -1.71. The molecule has 0 heterocycles. The second-order valence-corrected chi connectivity index (χ2v) is 5.18. The zero-order chi connectivity index (χ0) is 13.2. The number of anilines is 1. The number of nitrogen functional groups attached to an aromatic ring is 1. The highest BCUT2D eigenvalue weighted by molar-refractivity contribution is 5.97. The van der Waals surface area contributed by atoms with E-state index in [0.717, 1.165) is 12.8 Å².